The van der Waals surface area contributed by atoms with Crippen LogP contribution in [0, 0.1) is 0 Å². The molecule has 2 fully saturated rings. The van der Waals surface area contributed by atoms with Gasteiger partial charge in [0, 0.05) is 51.5 Å². The predicted octanol–water partition coefficient (Wildman–Crippen LogP) is 4.18. The van der Waals surface area contributed by atoms with Crippen molar-refractivity contribution in [2.45, 2.75) is 44.3 Å². The summed E-state index contributed by atoms with van der Waals surface area (Å²) in [5.41, 5.74) is 5.14. The van der Waals surface area contributed by atoms with Crippen LogP contribution in [0.15, 0.2) is 42.5 Å². The van der Waals surface area contributed by atoms with E-state index in [-0.39, 0.29) is 6.10 Å². The smallest absolute Gasteiger partial charge is 0.142 e. The second-order valence-corrected chi connectivity index (χ2v) is 9.72. The Balaban J connectivity index is 1.23. The minimum atomic E-state index is 0.177. The molecule has 0 aromatic heterocycles. The van der Waals surface area contributed by atoms with Crippen molar-refractivity contribution in [1.29, 1.82) is 0 Å². The van der Waals surface area contributed by atoms with Gasteiger partial charge in [-0.1, -0.05) is 18.2 Å². The summed E-state index contributed by atoms with van der Waals surface area (Å²) in [6.45, 7) is 8.36. The molecule has 6 heteroatoms. The van der Waals surface area contributed by atoms with Gasteiger partial charge in [-0.15, -0.1) is 0 Å². The number of nitrogens with one attached hydrogen (secondary N) is 1. The van der Waals surface area contributed by atoms with Crippen LogP contribution in [0.3, 0.4) is 0 Å². The van der Waals surface area contributed by atoms with Gasteiger partial charge in [0.1, 0.15) is 12.4 Å². The molecule has 2 aromatic rings. The molecule has 3 heterocycles. The van der Waals surface area contributed by atoms with Crippen LogP contribution in [0.5, 0.6) is 5.75 Å². The molecule has 1 N–H and O–H groups in total. The lowest BCUT2D eigenvalue weighted by molar-refractivity contribution is 0.0106. The van der Waals surface area contributed by atoms with Crippen molar-refractivity contribution in [3.63, 3.8) is 0 Å². The highest BCUT2D eigenvalue weighted by atomic mass is 16.5. The van der Waals surface area contributed by atoms with Crippen molar-refractivity contribution in [3.8, 4) is 5.75 Å². The predicted molar refractivity (Wildman–Crippen MR) is 137 cm³/mol. The number of benzene rings is 2. The molecule has 0 unspecified atom stereocenters. The Morgan fingerprint density at radius 2 is 1.91 bits per heavy atom. The number of nitrogens with zero attached hydrogens (tertiary/aromatic N) is 2. The normalized spacial score (nSPS) is 22.5. The van der Waals surface area contributed by atoms with Gasteiger partial charge in [0.05, 0.1) is 24.9 Å². The first kappa shape index (κ1) is 23.5. The highest BCUT2D eigenvalue weighted by molar-refractivity contribution is 5.61. The average molecular weight is 466 g/mol. The van der Waals surface area contributed by atoms with Gasteiger partial charge in [-0.3, -0.25) is 0 Å². The van der Waals surface area contributed by atoms with E-state index in [9.17, 15) is 0 Å². The highest BCUT2D eigenvalue weighted by Gasteiger charge is 2.28. The molecule has 0 aliphatic carbocycles. The third-order valence-corrected chi connectivity index (χ3v) is 7.44. The summed E-state index contributed by atoms with van der Waals surface area (Å²) < 4.78 is 17.7. The monoisotopic (exact) mass is 465 g/mol. The lowest BCUT2D eigenvalue weighted by Gasteiger charge is -2.33. The third-order valence-electron chi connectivity index (χ3n) is 7.44. The first-order valence-electron chi connectivity index (χ1n) is 13.0. The van der Waals surface area contributed by atoms with Gasteiger partial charge in [0.15, 0.2) is 0 Å². The van der Waals surface area contributed by atoms with Crippen LogP contribution in [0.2, 0.25) is 0 Å². The quantitative estimate of drug-likeness (QED) is 0.561. The zero-order valence-corrected chi connectivity index (χ0v) is 20.5. The fraction of sp³-hybridized carbons (Fsp3) is 0.571. The van der Waals surface area contributed by atoms with Crippen molar-refractivity contribution in [2.75, 3.05) is 69.4 Å². The summed E-state index contributed by atoms with van der Waals surface area (Å²) >= 11 is 0. The lowest BCUT2D eigenvalue weighted by atomic mass is 9.87. The van der Waals surface area contributed by atoms with E-state index in [1.165, 1.54) is 48.4 Å². The SMILES string of the molecule is COCCCN1CCOc2ccc(CO[C@H]3CNCC[C@@H]3c3ccc(N4CCCC4)cc3)cc21. The van der Waals surface area contributed by atoms with E-state index in [4.69, 9.17) is 14.2 Å². The van der Waals surface area contributed by atoms with Crippen LogP contribution in [-0.4, -0.2) is 65.7 Å². The van der Waals surface area contributed by atoms with Gasteiger partial charge in [-0.25, -0.2) is 0 Å². The Kier molecular flexibility index (Phi) is 7.89. The van der Waals surface area contributed by atoms with Crippen molar-refractivity contribution >= 4 is 11.4 Å². The van der Waals surface area contributed by atoms with E-state index >= 15 is 0 Å². The summed E-state index contributed by atoms with van der Waals surface area (Å²) in [4.78, 5) is 4.91. The molecule has 6 nitrogen and oxygen atoms in total. The molecule has 0 spiro atoms. The summed E-state index contributed by atoms with van der Waals surface area (Å²) in [6, 6.07) is 15.8. The molecule has 3 aliphatic rings. The van der Waals surface area contributed by atoms with Crippen molar-refractivity contribution in [1.82, 2.24) is 5.32 Å². The molecular formula is C28H39N3O3. The molecule has 0 amide bonds. The topological polar surface area (TPSA) is 46.2 Å². The first-order valence-corrected chi connectivity index (χ1v) is 13.0. The maximum Gasteiger partial charge on any atom is 0.142 e. The Bertz CT molecular complexity index is 914. The van der Waals surface area contributed by atoms with E-state index in [1.54, 1.807) is 7.11 Å². The van der Waals surface area contributed by atoms with E-state index < -0.39 is 0 Å². The molecule has 5 rings (SSSR count). The highest BCUT2D eigenvalue weighted by Crippen LogP contribution is 2.34. The maximum atomic E-state index is 6.54. The number of hydrogen-bond donors (Lipinski definition) is 1. The molecule has 2 saturated heterocycles. The zero-order valence-electron chi connectivity index (χ0n) is 20.5. The van der Waals surface area contributed by atoms with Gasteiger partial charge in [0.2, 0.25) is 0 Å². The molecule has 3 aliphatic heterocycles. The lowest BCUT2D eigenvalue weighted by Crippen LogP contribution is -2.41. The van der Waals surface area contributed by atoms with Crippen molar-refractivity contribution in [3.05, 3.63) is 53.6 Å². The van der Waals surface area contributed by atoms with Gasteiger partial charge in [-0.05, 0) is 67.6 Å². The molecule has 2 atom stereocenters. The second kappa shape index (κ2) is 11.4. The number of fused-ring (bicyclic) bond motifs is 1. The van der Waals surface area contributed by atoms with Gasteiger partial charge < -0.3 is 29.3 Å². The Morgan fingerprint density at radius 1 is 1.06 bits per heavy atom. The van der Waals surface area contributed by atoms with Crippen LogP contribution in [0.4, 0.5) is 11.4 Å². The average Bonchev–Trinajstić information content (AvgIpc) is 3.43. The van der Waals surface area contributed by atoms with Crippen molar-refractivity contribution in [2.24, 2.45) is 0 Å². The molecule has 184 valence electrons. The van der Waals surface area contributed by atoms with Crippen LogP contribution in [0.1, 0.15) is 42.7 Å². The fourth-order valence-electron chi connectivity index (χ4n) is 5.54. The molecule has 2 aromatic carbocycles. The second-order valence-electron chi connectivity index (χ2n) is 9.72. The summed E-state index contributed by atoms with van der Waals surface area (Å²) in [6.07, 6.45) is 4.93. The van der Waals surface area contributed by atoms with E-state index in [0.717, 1.165) is 58.0 Å². The van der Waals surface area contributed by atoms with E-state index in [0.29, 0.717) is 12.5 Å². The maximum absolute atomic E-state index is 6.54. The molecular weight excluding hydrogens is 426 g/mol. The summed E-state index contributed by atoms with van der Waals surface area (Å²) in [5, 5.41) is 3.54. The Hall–Kier alpha value is -2.28. The van der Waals surface area contributed by atoms with Gasteiger partial charge in [-0.2, -0.15) is 0 Å². The number of anilines is 2. The number of methoxy groups -OCH3 is 1. The summed E-state index contributed by atoms with van der Waals surface area (Å²) in [7, 11) is 1.76. The summed E-state index contributed by atoms with van der Waals surface area (Å²) in [5.74, 6) is 1.41. The fourth-order valence-corrected chi connectivity index (χ4v) is 5.54. The largest absolute Gasteiger partial charge is 0.490 e. The van der Waals surface area contributed by atoms with Crippen LogP contribution in [-0.2, 0) is 16.1 Å². The number of ether oxygens (including phenoxy) is 3. The Morgan fingerprint density at radius 3 is 2.74 bits per heavy atom. The van der Waals surface area contributed by atoms with E-state index in [1.807, 2.05) is 0 Å². The molecule has 0 saturated carbocycles. The van der Waals surface area contributed by atoms with Crippen LogP contribution >= 0.6 is 0 Å². The molecule has 34 heavy (non-hydrogen) atoms. The third kappa shape index (κ3) is 5.51. The van der Waals surface area contributed by atoms with Crippen LogP contribution in [0.25, 0.3) is 0 Å². The zero-order chi connectivity index (χ0) is 23.2. The van der Waals surface area contributed by atoms with E-state index in [2.05, 4.69) is 57.6 Å². The Labute approximate surface area is 204 Å². The first-order chi connectivity index (χ1) is 16.8. The molecule has 0 radical (unpaired) electrons. The number of hydrogen-bond acceptors (Lipinski definition) is 6. The van der Waals surface area contributed by atoms with Gasteiger partial charge >= 0.3 is 0 Å². The number of piperidine rings is 1. The minimum Gasteiger partial charge on any atom is -0.490 e. The number of rotatable bonds is 9. The van der Waals surface area contributed by atoms with Crippen molar-refractivity contribution < 1.29 is 14.2 Å². The van der Waals surface area contributed by atoms with Gasteiger partial charge in [0.25, 0.3) is 0 Å². The standard InChI is InChI=1S/C28H39N3O3/c1-32-17-4-15-31-16-18-33-27-10-5-22(19-26(27)31)21-34-28-20-29-12-11-25(28)23-6-8-24(9-7-23)30-13-2-3-14-30/h5-10,19,25,28-29H,2-4,11-18,20-21H2,1H3/t25-,28+/m1/s1. The molecule has 0 bridgehead atoms. The minimum absolute atomic E-state index is 0.177. The van der Waals surface area contributed by atoms with Crippen LogP contribution < -0.4 is 19.9 Å².